The Labute approximate surface area is 80.7 Å². The number of carboxylic acid groups (broad SMARTS) is 1. The topological polar surface area (TPSA) is 115 Å². The van der Waals surface area contributed by atoms with Gasteiger partial charge in [-0.25, -0.2) is 4.79 Å². The number of primary amides is 1. The highest BCUT2D eigenvalue weighted by molar-refractivity contribution is 6.09. The maximum atomic E-state index is 9.47. The second-order valence-electron chi connectivity index (χ2n) is 1.42. The Hall–Kier alpha value is -2.24. The fourth-order valence-electron chi connectivity index (χ4n) is 0. The Morgan fingerprint density at radius 2 is 1.29 bits per heavy atom. The molecule has 0 heterocycles. The van der Waals surface area contributed by atoms with Gasteiger partial charge in [-0.1, -0.05) is 13.2 Å². The van der Waals surface area contributed by atoms with Crippen LogP contribution in [-0.4, -0.2) is 29.6 Å². The minimum absolute atomic E-state index is 0.194. The lowest BCUT2D eigenvalue weighted by molar-refractivity contribution is -0.131. The molecular weight excluding hydrogens is 190 g/mol. The van der Waals surface area contributed by atoms with Crippen LogP contribution in [0.4, 0.5) is 0 Å². The van der Waals surface area contributed by atoms with Gasteiger partial charge in [0.25, 0.3) is 0 Å². The molecule has 0 aliphatic carbocycles. The number of carbonyl (C=O) groups is 4. The van der Waals surface area contributed by atoms with Crippen LogP contribution in [0.15, 0.2) is 25.3 Å². The lowest BCUT2D eigenvalue weighted by Gasteiger charge is -1.65. The lowest BCUT2D eigenvalue weighted by atomic mass is 10.6. The minimum atomic E-state index is -0.981. The third-order valence-electron chi connectivity index (χ3n) is 0.431. The third-order valence-corrected chi connectivity index (χ3v) is 0.431. The van der Waals surface area contributed by atoms with Crippen molar-refractivity contribution in [1.29, 1.82) is 0 Å². The van der Waals surface area contributed by atoms with Gasteiger partial charge in [0, 0.05) is 6.08 Å². The van der Waals surface area contributed by atoms with Gasteiger partial charge in [-0.2, -0.15) is 0 Å². The Kier molecular flexibility index (Phi) is 21.6. The molecule has 0 atom stereocenters. The maximum Gasteiger partial charge on any atom is 0.327 e. The van der Waals surface area contributed by atoms with Crippen LogP contribution in [0.25, 0.3) is 0 Å². The van der Waals surface area contributed by atoms with E-state index in [1.165, 1.54) is 0 Å². The van der Waals surface area contributed by atoms with Gasteiger partial charge in [0.1, 0.15) is 0 Å². The monoisotopic (exact) mass is 201 g/mol. The summed E-state index contributed by atoms with van der Waals surface area (Å²) in [7, 11) is 0. The van der Waals surface area contributed by atoms with Crippen LogP contribution in [0.3, 0.4) is 0 Å². The van der Waals surface area contributed by atoms with Gasteiger partial charge in [-0.3, -0.25) is 14.4 Å². The molecule has 0 aromatic carbocycles. The highest BCUT2D eigenvalue weighted by Crippen LogP contribution is 1.54. The van der Waals surface area contributed by atoms with E-state index >= 15 is 0 Å². The van der Waals surface area contributed by atoms with Gasteiger partial charge >= 0.3 is 5.97 Å². The number of carboxylic acids is 1. The zero-order valence-electron chi connectivity index (χ0n) is 7.38. The zero-order valence-corrected chi connectivity index (χ0v) is 7.38. The Balaban J connectivity index is -0.000000131. The van der Waals surface area contributed by atoms with E-state index in [0.29, 0.717) is 0 Å². The van der Waals surface area contributed by atoms with Crippen molar-refractivity contribution in [2.45, 2.75) is 0 Å². The first-order valence-corrected chi connectivity index (χ1v) is 3.12. The summed E-state index contributed by atoms with van der Waals surface area (Å²) in [6, 6.07) is 0. The quantitative estimate of drug-likeness (QED) is 0.356. The van der Waals surface area contributed by atoms with Gasteiger partial charge in [-0.15, -0.1) is 0 Å². The summed E-state index contributed by atoms with van der Waals surface area (Å²) >= 11 is 0. The van der Waals surface area contributed by atoms with Crippen LogP contribution >= 0.6 is 0 Å². The standard InChI is InChI=1S/C3H5NO.C3H4O2.C2H2O2/c2*1-2-3(4)5;3-1-2-4/h2H,1H2,(H2,4,5);2H,1H2,(H,4,5);1-2H. The molecule has 0 aliphatic heterocycles. The van der Waals surface area contributed by atoms with Gasteiger partial charge in [-0.05, 0) is 6.08 Å². The SMILES string of the molecule is C=CC(=O)O.C=CC(N)=O.O=CC=O. The highest BCUT2D eigenvalue weighted by atomic mass is 16.4. The van der Waals surface area contributed by atoms with Crippen molar-refractivity contribution in [1.82, 2.24) is 0 Å². The number of hydrogen-bond acceptors (Lipinski definition) is 4. The molecule has 0 aromatic heterocycles. The van der Waals surface area contributed by atoms with Crippen LogP contribution in [-0.2, 0) is 19.2 Å². The largest absolute Gasteiger partial charge is 0.478 e. The normalized spacial score (nSPS) is 6.00. The molecule has 3 N–H and O–H groups in total. The average Bonchev–Trinajstić information content (AvgIpc) is 2.19. The van der Waals surface area contributed by atoms with E-state index < -0.39 is 11.9 Å². The summed E-state index contributed by atoms with van der Waals surface area (Å²) in [6.07, 6.45) is 2.28. The van der Waals surface area contributed by atoms with Gasteiger partial charge in [0.2, 0.25) is 5.91 Å². The van der Waals surface area contributed by atoms with E-state index in [-0.39, 0.29) is 12.6 Å². The zero-order chi connectivity index (χ0) is 12.0. The molecular formula is C8H11NO5. The molecule has 0 aromatic rings. The predicted molar refractivity (Wildman–Crippen MR) is 49.4 cm³/mol. The Morgan fingerprint density at radius 3 is 1.29 bits per heavy atom. The van der Waals surface area contributed by atoms with Crippen LogP contribution in [0.5, 0.6) is 0 Å². The van der Waals surface area contributed by atoms with Crippen molar-refractivity contribution < 1.29 is 24.3 Å². The first-order valence-electron chi connectivity index (χ1n) is 3.12. The van der Waals surface area contributed by atoms with Crippen molar-refractivity contribution in [3.8, 4) is 0 Å². The highest BCUT2D eigenvalue weighted by Gasteiger charge is 1.73. The van der Waals surface area contributed by atoms with E-state index in [1.54, 1.807) is 0 Å². The Morgan fingerprint density at radius 1 is 1.07 bits per heavy atom. The lowest BCUT2D eigenvalue weighted by Crippen LogP contribution is -2.04. The van der Waals surface area contributed by atoms with E-state index in [1.807, 2.05) is 0 Å². The molecule has 0 spiro atoms. The van der Waals surface area contributed by atoms with E-state index in [0.717, 1.165) is 12.2 Å². The fourth-order valence-corrected chi connectivity index (χ4v) is 0. The second-order valence-corrected chi connectivity index (χ2v) is 1.42. The summed E-state index contributed by atoms with van der Waals surface area (Å²) in [5.74, 6) is -1.46. The molecule has 6 heteroatoms. The van der Waals surface area contributed by atoms with Crippen LogP contribution in [0.1, 0.15) is 0 Å². The summed E-state index contributed by atoms with van der Waals surface area (Å²) in [6.45, 7) is 6.05. The first-order chi connectivity index (χ1) is 6.45. The summed E-state index contributed by atoms with van der Waals surface area (Å²) in [4.78, 5) is 36.3. The molecule has 0 radical (unpaired) electrons. The molecule has 14 heavy (non-hydrogen) atoms. The average molecular weight is 201 g/mol. The number of rotatable bonds is 3. The number of carbonyl (C=O) groups excluding carboxylic acids is 3. The van der Waals surface area contributed by atoms with Crippen LogP contribution in [0.2, 0.25) is 0 Å². The van der Waals surface area contributed by atoms with Gasteiger partial charge < -0.3 is 10.8 Å². The van der Waals surface area contributed by atoms with Gasteiger partial charge in [0.05, 0.1) is 0 Å². The maximum absolute atomic E-state index is 9.47. The van der Waals surface area contributed by atoms with E-state index in [9.17, 15) is 9.59 Å². The smallest absolute Gasteiger partial charge is 0.327 e. The third kappa shape index (κ3) is 98.3. The van der Waals surface area contributed by atoms with Gasteiger partial charge in [0.15, 0.2) is 12.6 Å². The van der Waals surface area contributed by atoms with E-state index in [2.05, 4.69) is 18.9 Å². The number of aldehydes is 2. The molecule has 78 valence electrons. The predicted octanol–water partition coefficient (Wildman–Crippen LogP) is -0.701. The summed E-state index contributed by atoms with van der Waals surface area (Å²) in [5, 5.41) is 7.60. The number of aliphatic carboxylic acids is 1. The molecule has 0 bridgehead atoms. The molecule has 0 rings (SSSR count). The summed E-state index contributed by atoms with van der Waals surface area (Å²) in [5.41, 5.74) is 4.53. The van der Waals surface area contributed by atoms with Crippen LogP contribution in [0, 0.1) is 0 Å². The molecule has 0 unspecified atom stereocenters. The van der Waals surface area contributed by atoms with E-state index in [4.69, 9.17) is 14.7 Å². The molecule has 0 aliphatic rings. The first kappa shape index (κ1) is 17.7. The second kappa shape index (κ2) is 17.0. The number of nitrogens with two attached hydrogens (primary N) is 1. The van der Waals surface area contributed by atoms with Crippen molar-refractivity contribution in [2.75, 3.05) is 0 Å². The minimum Gasteiger partial charge on any atom is -0.478 e. The molecule has 0 saturated heterocycles. The van der Waals surface area contributed by atoms with Crippen LogP contribution < -0.4 is 5.73 Å². The van der Waals surface area contributed by atoms with Crippen molar-refractivity contribution in [3.05, 3.63) is 25.3 Å². The van der Waals surface area contributed by atoms with Crippen molar-refractivity contribution >= 4 is 24.4 Å². The molecule has 1 amide bonds. The molecule has 6 nitrogen and oxygen atoms in total. The number of amides is 1. The molecule has 0 saturated carbocycles. The van der Waals surface area contributed by atoms with Crippen molar-refractivity contribution in [3.63, 3.8) is 0 Å². The molecule has 0 fully saturated rings. The fraction of sp³-hybridized carbons (Fsp3) is 0. The Bertz CT molecular complexity index is 198. The summed E-state index contributed by atoms with van der Waals surface area (Å²) < 4.78 is 0. The van der Waals surface area contributed by atoms with Crippen molar-refractivity contribution in [2.24, 2.45) is 5.73 Å². The number of hydrogen-bond donors (Lipinski definition) is 2.